The molecule has 0 aromatic heterocycles. The molecule has 1 N–H and O–H groups in total. The van der Waals surface area contributed by atoms with Crippen LogP contribution in [-0.2, 0) is 4.79 Å². The molecule has 1 aliphatic carbocycles. The van der Waals surface area contributed by atoms with Gasteiger partial charge in [0.1, 0.15) is 0 Å². The van der Waals surface area contributed by atoms with Crippen LogP contribution in [0.15, 0.2) is 12.2 Å². The third kappa shape index (κ3) is 3.86. The lowest BCUT2D eigenvalue weighted by molar-refractivity contribution is -0.136. The van der Waals surface area contributed by atoms with Crippen LogP contribution in [0.1, 0.15) is 79.1 Å². The van der Waals surface area contributed by atoms with Crippen LogP contribution in [0, 0.1) is 16.7 Å². The number of hydrogen-bond donors (Lipinski definition) is 1. The lowest BCUT2D eigenvalue weighted by atomic mass is 9.52. The Bertz CT molecular complexity index is 356. The third-order valence-electron chi connectivity index (χ3n) is 5.50. The minimum absolute atomic E-state index is 0.00607. The maximum absolute atomic E-state index is 11.1. The molecule has 1 saturated carbocycles. The summed E-state index contributed by atoms with van der Waals surface area (Å²) in [5.74, 6) is -0.186. The maximum atomic E-state index is 11.1. The summed E-state index contributed by atoms with van der Waals surface area (Å²) in [4.78, 5) is 11.1. The van der Waals surface area contributed by atoms with E-state index in [1.165, 1.54) is 38.5 Å². The Morgan fingerprint density at radius 2 is 1.90 bits per heavy atom. The summed E-state index contributed by atoms with van der Waals surface area (Å²) in [6.07, 6.45) is 8.62. The zero-order valence-corrected chi connectivity index (χ0v) is 13.8. The maximum Gasteiger partial charge on any atom is 0.307 e. The standard InChI is InChI=1S/C18H32O2/c1-6-7-8-10-15-17(3,4)11-9-12-18(15,5)14(2)13-16(19)20/h15H,2,6-13H2,1,3-5H3,(H,19,20). The second kappa shape index (κ2) is 6.78. The molecular weight excluding hydrogens is 248 g/mol. The lowest BCUT2D eigenvalue weighted by Crippen LogP contribution is -2.43. The molecule has 0 saturated heterocycles. The van der Waals surface area contributed by atoms with Crippen molar-refractivity contribution in [1.82, 2.24) is 0 Å². The molecule has 0 amide bonds. The van der Waals surface area contributed by atoms with Gasteiger partial charge in [0.05, 0.1) is 6.42 Å². The van der Waals surface area contributed by atoms with Crippen molar-refractivity contribution in [2.24, 2.45) is 16.7 Å². The quantitative estimate of drug-likeness (QED) is 0.498. The van der Waals surface area contributed by atoms with Crippen LogP contribution in [0.4, 0.5) is 0 Å². The van der Waals surface area contributed by atoms with Gasteiger partial charge in [-0.3, -0.25) is 4.79 Å². The molecule has 116 valence electrons. The molecule has 1 aliphatic rings. The average Bonchev–Trinajstić information content (AvgIpc) is 2.31. The predicted octanol–water partition coefficient (Wildman–Crippen LogP) is 5.43. The van der Waals surface area contributed by atoms with Crippen molar-refractivity contribution in [3.63, 3.8) is 0 Å². The van der Waals surface area contributed by atoms with E-state index in [-0.39, 0.29) is 11.8 Å². The van der Waals surface area contributed by atoms with Crippen LogP contribution in [0.5, 0.6) is 0 Å². The number of hydrogen-bond acceptors (Lipinski definition) is 1. The fourth-order valence-corrected chi connectivity index (χ4v) is 4.24. The van der Waals surface area contributed by atoms with Gasteiger partial charge >= 0.3 is 5.97 Å². The zero-order chi connectivity index (χ0) is 15.4. The van der Waals surface area contributed by atoms with Crippen molar-refractivity contribution in [3.8, 4) is 0 Å². The molecule has 2 heteroatoms. The summed E-state index contributed by atoms with van der Waals surface area (Å²) in [5.41, 5.74) is 1.22. The van der Waals surface area contributed by atoms with Crippen molar-refractivity contribution < 1.29 is 9.90 Å². The molecular formula is C18H32O2. The summed E-state index contributed by atoms with van der Waals surface area (Å²) >= 11 is 0. The molecule has 20 heavy (non-hydrogen) atoms. The second-order valence-corrected chi connectivity index (χ2v) is 7.48. The minimum Gasteiger partial charge on any atom is -0.481 e. The largest absolute Gasteiger partial charge is 0.481 e. The number of carboxylic acids is 1. The van der Waals surface area contributed by atoms with Gasteiger partial charge in [0, 0.05) is 0 Å². The van der Waals surface area contributed by atoms with Crippen LogP contribution in [0.25, 0.3) is 0 Å². The number of carboxylic acid groups (broad SMARTS) is 1. The number of rotatable bonds is 7. The summed E-state index contributed by atoms with van der Waals surface area (Å²) in [5, 5.41) is 9.10. The number of carbonyl (C=O) groups is 1. The molecule has 0 aromatic rings. The van der Waals surface area contributed by atoms with E-state index in [1.807, 2.05) is 0 Å². The van der Waals surface area contributed by atoms with Crippen LogP contribution in [0.3, 0.4) is 0 Å². The number of unbranched alkanes of at least 4 members (excludes halogenated alkanes) is 2. The van der Waals surface area contributed by atoms with Gasteiger partial charge in [-0.15, -0.1) is 0 Å². The van der Waals surface area contributed by atoms with E-state index in [4.69, 9.17) is 5.11 Å². The summed E-state index contributed by atoms with van der Waals surface area (Å²) < 4.78 is 0. The monoisotopic (exact) mass is 280 g/mol. The molecule has 0 spiro atoms. The van der Waals surface area contributed by atoms with E-state index in [0.29, 0.717) is 11.3 Å². The number of aliphatic carboxylic acids is 1. The van der Waals surface area contributed by atoms with E-state index in [0.717, 1.165) is 12.0 Å². The highest BCUT2D eigenvalue weighted by Gasteiger charge is 2.47. The zero-order valence-electron chi connectivity index (χ0n) is 13.8. The molecule has 2 unspecified atom stereocenters. The van der Waals surface area contributed by atoms with Crippen molar-refractivity contribution in [2.75, 3.05) is 0 Å². The second-order valence-electron chi connectivity index (χ2n) is 7.48. The third-order valence-corrected chi connectivity index (χ3v) is 5.50. The van der Waals surface area contributed by atoms with E-state index in [2.05, 4.69) is 34.3 Å². The van der Waals surface area contributed by atoms with Crippen LogP contribution >= 0.6 is 0 Å². The van der Waals surface area contributed by atoms with E-state index in [9.17, 15) is 4.79 Å². The van der Waals surface area contributed by atoms with Gasteiger partial charge < -0.3 is 5.11 Å². The Hall–Kier alpha value is -0.790. The molecule has 1 fully saturated rings. The normalized spacial score (nSPS) is 29.1. The van der Waals surface area contributed by atoms with Gasteiger partial charge in [-0.1, -0.05) is 65.5 Å². The summed E-state index contributed by atoms with van der Waals surface area (Å²) in [6.45, 7) is 13.4. The molecule has 1 rings (SSSR count). The average molecular weight is 280 g/mol. The van der Waals surface area contributed by atoms with Crippen LogP contribution < -0.4 is 0 Å². The van der Waals surface area contributed by atoms with Gasteiger partial charge in [-0.05, 0) is 36.0 Å². The molecule has 2 atom stereocenters. The van der Waals surface area contributed by atoms with Crippen molar-refractivity contribution in [1.29, 1.82) is 0 Å². The first-order valence-electron chi connectivity index (χ1n) is 8.14. The topological polar surface area (TPSA) is 37.3 Å². The molecule has 0 bridgehead atoms. The Balaban J connectivity index is 2.92. The van der Waals surface area contributed by atoms with E-state index >= 15 is 0 Å². The Morgan fingerprint density at radius 1 is 1.25 bits per heavy atom. The van der Waals surface area contributed by atoms with Crippen molar-refractivity contribution in [2.45, 2.75) is 79.1 Å². The fraction of sp³-hybridized carbons (Fsp3) is 0.833. The summed E-state index contributed by atoms with van der Waals surface area (Å²) in [6, 6.07) is 0. The van der Waals surface area contributed by atoms with Crippen molar-refractivity contribution >= 4 is 5.97 Å². The first kappa shape index (κ1) is 17.3. The first-order valence-corrected chi connectivity index (χ1v) is 8.14. The molecule has 0 aliphatic heterocycles. The molecule has 0 heterocycles. The van der Waals surface area contributed by atoms with Gasteiger partial charge in [0.15, 0.2) is 0 Å². The van der Waals surface area contributed by atoms with Crippen molar-refractivity contribution in [3.05, 3.63) is 12.2 Å². The Labute approximate surface area is 124 Å². The van der Waals surface area contributed by atoms with Gasteiger partial charge in [-0.25, -0.2) is 0 Å². The van der Waals surface area contributed by atoms with Gasteiger partial charge in [-0.2, -0.15) is 0 Å². The highest BCUT2D eigenvalue weighted by molar-refractivity contribution is 5.70. The van der Waals surface area contributed by atoms with Gasteiger partial charge in [0.2, 0.25) is 0 Å². The highest BCUT2D eigenvalue weighted by atomic mass is 16.4. The molecule has 0 aromatic carbocycles. The first-order chi connectivity index (χ1) is 9.24. The Morgan fingerprint density at radius 3 is 2.45 bits per heavy atom. The fourth-order valence-electron chi connectivity index (χ4n) is 4.24. The Kier molecular flexibility index (Phi) is 5.85. The highest BCUT2D eigenvalue weighted by Crippen LogP contribution is 2.56. The summed E-state index contributed by atoms with van der Waals surface area (Å²) in [7, 11) is 0. The molecule has 2 nitrogen and oxygen atoms in total. The SMILES string of the molecule is C=C(CC(=O)O)C1(C)CCCC(C)(C)C1CCCCC. The lowest BCUT2D eigenvalue weighted by Gasteiger charge is -2.52. The minimum atomic E-state index is -0.744. The van der Waals surface area contributed by atoms with E-state index < -0.39 is 5.97 Å². The van der Waals surface area contributed by atoms with Crippen LogP contribution in [0.2, 0.25) is 0 Å². The van der Waals surface area contributed by atoms with E-state index in [1.54, 1.807) is 0 Å². The smallest absolute Gasteiger partial charge is 0.307 e. The van der Waals surface area contributed by atoms with Gasteiger partial charge in [0.25, 0.3) is 0 Å². The van der Waals surface area contributed by atoms with Crippen LogP contribution in [-0.4, -0.2) is 11.1 Å². The molecule has 0 radical (unpaired) electrons. The predicted molar refractivity (Wildman–Crippen MR) is 84.8 cm³/mol.